The van der Waals surface area contributed by atoms with Gasteiger partial charge in [0.25, 0.3) is 11.7 Å². The number of amides is 1. The number of benzene rings is 2. The Kier molecular flexibility index (Phi) is 6.90. The van der Waals surface area contributed by atoms with Gasteiger partial charge in [-0.1, -0.05) is 48.4 Å². The number of hydrogen-bond donors (Lipinski definition) is 2. The normalized spacial score (nSPS) is 18.0. The summed E-state index contributed by atoms with van der Waals surface area (Å²) in [5, 5.41) is 20.1. The number of hydrogen-bond acceptors (Lipinski definition) is 4. The second kappa shape index (κ2) is 9.59. The van der Waals surface area contributed by atoms with Gasteiger partial charge in [0.1, 0.15) is 5.76 Å². The molecule has 0 saturated carbocycles. The van der Waals surface area contributed by atoms with Crippen molar-refractivity contribution in [1.29, 1.82) is 0 Å². The Labute approximate surface area is 179 Å². The van der Waals surface area contributed by atoms with Crippen LogP contribution in [0.3, 0.4) is 0 Å². The van der Waals surface area contributed by atoms with Crippen LogP contribution in [0, 0.1) is 0 Å². The number of Topliss-reactive ketones (excluding diaryl/α,β-unsaturated/α-hetero) is 1. The van der Waals surface area contributed by atoms with Gasteiger partial charge in [-0.3, -0.25) is 14.4 Å². The minimum atomic E-state index is -0.859. The summed E-state index contributed by atoms with van der Waals surface area (Å²) in [5.41, 5.74) is 1.16. The summed E-state index contributed by atoms with van der Waals surface area (Å²) in [6.45, 7) is 0.293. The maximum atomic E-state index is 12.8. The summed E-state index contributed by atoms with van der Waals surface area (Å²) in [6, 6.07) is 14.8. The number of unbranched alkanes of at least 4 members (excludes halogenated alkanes) is 2. The second-order valence-corrected chi connectivity index (χ2v) is 7.55. The number of carbonyl (C=O) groups is 3. The third kappa shape index (κ3) is 4.71. The molecule has 30 heavy (non-hydrogen) atoms. The van der Waals surface area contributed by atoms with Crippen molar-refractivity contribution in [3.05, 3.63) is 76.3 Å². The number of carbonyl (C=O) groups excluding carboxylic acids is 2. The Balaban J connectivity index is 1.94. The standard InChI is InChI=1S/C23H22ClNO5/c24-17-12-10-16(11-13-17)21(28)19-20(15-7-3-1-4-8-15)25(23(30)22(19)29)14-6-2-5-9-18(26)27/h1,3-4,7-8,10-13,20,28H,2,5-6,9,14H2,(H,26,27)/t20-/m1/s1. The van der Waals surface area contributed by atoms with E-state index in [0.29, 0.717) is 36.4 Å². The minimum absolute atomic E-state index is 0.0408. The number of aliphatic hydroxyl groups excluding tert-OH is 1. The van der Waals surface area contributed by atoms with Gasteiger partial charge in [-0.15, -0.1) is 0 Å². The van der Waals surface area contributed by atoms with Crippen LogP contribution in [-0.4, -0.2) is 39.3 Å². The van der Waals surface area contributed by atoms with Gasteiger partial charge >= 0.3 is 5.97 Å². The van der Waals surface area contributed by atoms with Crippen LogP contribution in [0.1, 0.15) is 42.9 Å². The smallest absolute Gasteiger partial charge is 0.303 e. The molecule has 2 N–H and O–H groups in total. The number of carboxylic acid groups (broad SMARTS) is 1. The summed E-state index contributed by atoms with van der Waals surface area (Å²) < 4.78 is 0. The van der Waals surface area contributed by atoms with Gasteiger partial charge in [0, 0.05) is 23.6 Å². The van der Waals surface area contributed by atoms with Crippen molar-refractivity contribution in [2.24, 2.45) is 0 Å². The molecule has 1 aliphatic heterocycles. The molecule has 2 aromatic rings. The van der Waals surface area contributed by atoms with Crippen LogP contribution in [0.5, 0.6) is 0 Å². The number of likely N-dealkylation sites (tertiary alicyclic amines) is 1. The fraction of sp³-hybridized carbons (Fsp3) is 0.261. The van der Waals surface area contributed by atoms with Crippen molar-refractivity contribution in [3.8, 4) is 0 Å². The van der Waals surface area contributed by atoms with Gasteiger partial charge in [-0.05, 0) is 42.7 Å². The average Bonchev–Trinajstić information content (AvgIpc) is 2.99. The Morgan fingerprint density at radius 1 is 0.933 bits per heavy atom. The topological polar surface area (TPSA) is 94.9 Å². The van der Waals surface area contributed by atoms with E-state index in [1.54, 1.807) is 24.3 Å². The number of halogens is 1. The first-order valence-electron chi connectivity index (χ1n) is 9.71. The molecule has 0 spiro atoms. The molecule has 1 aliphatic rings. The van der Waals surface area contributed by atoms with Crippen LogP contribution in [-0.2, 0) is 14.4 Å². The van der Waals surface area contributed by atoms with Crippen LogP contribution in [0.15, 0.2) is 60.2 Å². The zero-order valence-corrected chi connectivity index (χ0v) is 17.0. The molecule has 1 fully saturated rings. The van der Waals surface area contributed by atoms with E-state index in [4.69, 9.17) is 16.7 Å². The highest BCUT2D eigenvalue weighted by molar-refractivity contribution is 6.46. The predicted molar refractivity (Wildman–Crippen MR) is 113 cm³/mol. The molecule has 0 aromatic heterocycles. The van der Waals surface area contributed by atoms with Gasteiger partial charge < -0.3 is 15.1 Å². The molecule has 0 bridgehead atoms. The maximum Gasteiger partial charge on any atom is 0.303 e. The van der Waals surface area contributed by atoms with Crippen LogP contribution in [0.25, 0.3) is 5.76 Å². The van der Waals surface area contributed by atoms with Gasteiger partial charge in [0.2, 0.25) is 0 Å². The number of ketones is 1. The Morgan fingerprint density at radius 3 is 2.23 bits per heavy atom. The van der Waals surface area contributed by atoms with E-state index >= 15 is 0 Å². The third-order valence-corrected chi connectivity index (χ3v) is 5.31. The van der Waals surface area contributed by atoms with E-state index in [-0.39, 0.29) is 17.8 Å². The molecule has 1 amide bonds. The van der Waals surface area contributed by atoms with Crippen LogP contribution in [0.2, 0.25) is 5.02 Å². The molecule has 3 rings (SSSR count). The molecule has 0 unspecified atom stereocenters. The van der Waals surface area contributed by atoms with E-state index in [9.17, 15) is 19.5 Å². The summed E-state index contributed by atoms with van der Waals surface area (Å²) in [5.74, 6) is -2.51. The van der Waals surface area contributed by atoms with E-state index in [1.165, 1.54) is 4.90 Å². The molecule has 2 aromatic carbocycles. The lowest BCUT2D eigenvalue weighted by atomic mass is 9.95. The summed E-state index contributed by atoms with van der Waals surface area (Å²) in [4.78, 5) is 37.8. The minimum Gasteiger partial charge on any atom is -0.507 e. The van der Waals surface area contributed by atoms with Crippen LogP contribution in [0.4, 0.5) is 0 Å². The number of aliphatic hydroxyl groups is 1. The first-order valence-corrected chi connectivity index (χ1v) is 10.1. The Hall–Kier alpha value is -3.12. The van der Waals surface area contributed by atoms with Crippen LogP contribution >= 0.6 is 11.6 Å². The SMILES string of the molecule is O=C(O)CCCCCN1C(=O)C(=O)C(=C(O)c2ccc(Cl)cc2)[C@H]1c1ccccc1. The Bertz CT molecular complexity index is 969. The molecular weight excluding hydrogens is 406 g/mol. The Morgan fingerprint density at radius 2 is 1.60 bits per heavy atom. The molecular formula is C23H22ClNO5. The van der Waals surface area contributed by atoms with Gasteiger partial charge in [-0.25, -0.2) is 0 Å². The number of rotatable bonds is 8. The van der Waals surface area contributed by atoms with Crippen molar-refractivity contribution in [2.45, 2.75) is 31.7 Å². The number of nitrogens with zero attached hydrogens (tertiary/aromatic N) is 1. The number of carboxylic acids is 1. The average molecular weight is 428 g/mol. The van der Waals surface area contributed by atoms with Crippen molar-refractivity contribution in [1.82, 2.24) is 4.90 Å². The molecule has 156 valence electrons. The van der Waals surface area contributed by atoms with E-state index < -0.39 is 23.7 Å². The van der Waals surface area contributed by atoms with Crippen molar-refractivity contribution in [3.63, 3.8) is 0 Å². The lowest BCUT2D eigenvalue weighted by molar-refractivity contribution is -0.140. The molecule has 1 atom stereocenters. The monoisotopic (exact) mass is 427 g/mol. The summed E-state index contributed by atoms with van der Waals surface area (Å²) >= 11 is 5.91. The molecule has 6 nitrogen and oxygen atoms in total. The molecule has 1 heterocycles. The molecule has 0 radical (unpaired) electrons. The predicted octanol–water partition coefficient (Wildman–Crippen LogP) is 4.41. The fourth-order valence-corrected chi connectivity index (χ4v) is 3.72. The number of aliphatic carboxylic acids is 1. The fourth-order valence-electron chi connectivity index (χ4n) is 3.59. The summed E-state index contributed by atoms with van der Waals surface area (Å²) in [6.07, 6.45) is 1.75. The van der Waals surface area contributed by atoms with Gasteiger partial charge in [-0.2, -0.15) is 0 Å². The summed E-state index contributed by atoms with van der Waals surface area (Å²) in [7, 11) is 0. The van der Waals surface area contributed by atoms with E-state index in [1.807, 2.05) is 30.3 Å². The van der Waals surface area contributed by atoms with Crippen molar-refractivity contribution in [2.75, 3.05) is 6.54 Å². The molecule has 7 heteroatoms. The first-order chi connectivity index (χ1) is 14.4. The van der Waals surface area contributed by atoms with Gasteiger partial charge in [0.15, 0.2) is 0 Å². The van der Waals surface area contributed by atoms with E-state index in [2.05, 4.69) is 0 Å². The first kappa shape index (κ1) is 21.6. The largest absolute Gasteiger partial charge is 0.507 e. The van der Waals surface area contributed by atoms with Gasteiger partial charge in [0.05, 0.1) is 11.6 Å². The molecule has 1 saturated heterocycles. The lowest BCUT2D eigenvalue weighted by Gasteiger charge is -2.25. The molecule has 0 aliphatic carbocycles. The lowest BCUT2D eigenvalue weighted by Crippen LogP contribution is -2.30. The second-order valence-electron chi connectivity index (χ2n) is 7.11. The van der Waals surface area contributed by atoms with Crippen molar-refractivity contribution >= 4 is 35.0 Å². The zero-order valence-electron chi connectivity index (χ0n) is 16.3. The quantitative estimate of drug-likeness (QED) is 0.281. The van der Waals surface area contributed by atoms with Crippen LogP contribution < -0.4 is 0 Å². The highest BCUT2D eigenvalue weighted by atomic mass is 35.5. The van der Waals surface area contributed by atoms with E-state index in [0.717, 1.165) is 5.56 Å². The zero-order chi connectivity index (χ0) is 21.7. The highest BCUT2D eigenvalue weighted by Crippen LogP contribution is 2.39. The highest BCUT2D eigenvalue weighted by Gasteiger charge is 2.45. The van der Waals surface area contributed by atoms with Crippen molar-refractivity contribution < 1.29 is 24.6 Å². The maximum absolute atomic E-state index is 12.8. The third-order valence-electron chi connectivity index (χ3n) is 5.06.